The van der Waals surface area contributed by atoms with E-state index in [4.69, 9.17) is 4.74 Å². The third-order valence-electron chi connectivity index (χ3n) is 7.09. The summed E-state index contributed by atoms with van der Waals surface area (Å²) >= 11 is 0. The Labute approximate surface area is 184 Å². The predicted octanol–water partition coefficient (Wildman–Crippen LogP) is 5.90. The number of rotatable bonds is 5. The second kappa shape index (κ2) is 8.88. The molecular formula is C27H32N2O2. The molecule has 0 radical (unpaired) electrons. The van der Waals surface area contributed by atoms with Crippen LogP contribution in [0, 0.1) is 0 Å². The van der Waals surface area contributed by atoms with Crippen molar-refractivity contribution in [3.63, 3.8) is 0 Å². The van der Waals surface area contributed by atoms with Crippen molar-refractivity contribution in [2.75, 3.05) is 6.54 Å². The first-order valence-corrected chi connectivity index (χ1v) is 11.9. The number of carbonyl (C=O) groups is 1. The van der Waals surface area contributed by atoms with Gasteiger partial charge in [-0.15, -0.1) is 0 Å². The lowest BCUT2D eigenvalue weighted by molar-refractivity contribution is 0.0964. The molecule has 3 aromatic rings. The lowest BCUT2D eigenvalue weighted by Crippen LogP contribution is -2.27. The minimum Gasteiger partial charge on any atom is -0.490 e. The lowest BCUT2D eigenvalue weighted by Gasteiger charge is -2.23. The molecule has 4 heteroatoms. The van der Waals surface area contributed by atoms with E-state index >= 15 is 0 Å². The summed E-state index contributed by atoms with van der Waals surface area (Å²) in [5, 5.41) is 4.78. The van der Waals surface area contributed by atoms with Crippen LogP contribution in [0.1, 0.15) is 73.7 Å². The van der Waals surface area contributed by atoms with Crippen LogP contribution in [0.4, 0.5) is 0 Å². The molecule has 2 unspecified atom stereocenters. The summed E-state index contributed by atoms with van der Waals surface area (Å²) in [6.45, 7) is 3.36. The highest BCUT2D eigenvalue weighted by Gasteiger charge is 2.27. The molecule has 4 nitrogen and oxygen atoms in total. The fraction of sp³-hybridized carbons (Fsp3) is 0.444. The Morgan fingerprint density at radius 2 is 1.84 bits per heavy atom. The van der Waals surface area contributed by atoms with Crippen LogP contribution in [-0.2, 0) is 0 Å². The number of hydrogen-bond donors (Lipinski definition) is 1. The number of hydrogen-bond acceptors (Lipinski definition) is 3. The van der Waals surface area contributed by atoms with Gasteiger partial charge < -0.3 is 10.1 Å². The number of nitrogens with one attached hydrogen (secondary N) is 1. The van der Waals surface area contributed by atoms with Crippen LogP contribution >= 0.6 is 0 Å². The van der Waals surface area contributed by atoms with E-state index in [-0.39, 0.29) is 5.91 Å². The number of nitrogens with zero attached hydrogens (tertiary/aromatic N) is 1. The smallest absolute Gasteiger partial charge is 0.262 e. The quantitative estimate of drug-likeness (QED) is 0.563. The minimum atomic E-state index is 0.0179. The molecule has 162 valence electrons. The number of carbonyl (C=O) groups excluding carboxylic acids is 1. The lowest BCUT2D eigenvalue weighted by atomic mass is 9.92. The van der Waals surface area contributed by atoms with Gasteiger partial charge >= 0.3 is 0 Å². The van der Waals surface area contributed by atoms with Crippen molar-refractivity contribution in [1.82, 2.24) is 9.88 Å². The largest absolute Gasteiger partial charge is 0.490 e. The number of benzene rings is 2. The van der Waals surface area contributed by atoms with Gasteiger partial charge in [-0.1, -0.05) is 31.5 Å². The first kappa shape index (κ1) is 20.3. The van der Waals surface area contributed by atoms with Gasteiger partial charge in [-0.25, -0.2) is 0 Å². The average Bonchev–Trinajstić information content (AvgIpc) is 3.48. The molecule has 1 aliphatic carbocycles. The second-order valence-corrected chi connectivity index (χ2v) is 9.17. The average molecular weight is 417 g/mol. The monoisotopic (exact) mass is 416 g/mol. The van der Waals surface area contributed by atoms with Gasteiger partial charge in [0.1, 0.15) is 5.75 Å². The molecular weight excluding hydrogens is 384 g/mol. The third kappa shape index (κ3) is 4.14. The maximum Gasteiger partial charge on any atom is 0.262 e. The molecule has 2 fully saturated rings. The van der Waals surface area contributed by atoms with Crippen LogP contribution in [0.5, 0.6) is 5.75 Å². The van der Waals surface area contributed by atoms with E-state index in [2.05, 4.69) is 30.6 Å². The Morgan fingerprint density at radius 3 is 2.58 bits per heavy atom. The maximum atomic E-state index is 13.3. The zero-order valence-corrected chi connectivity index (χ0v) is 18.3. The van der Waals surface area contributed by atoms with Crippen molar-refractivity contribution >= 4 is 16.8 Å². The molecule has 1 saturated carbocycles. The molecule has 31 heavy (non-hydrogen) atoms. The molecule has 1 aromatic heterocycles. The van der Waals surface area contributed by atoms with Crippen molar-refractivity contribution in [1.29, 1.82) is 0 Å². The highest BCUT2D eigenvalue weighted by molar-refractivity contribution is 6.03. The molecule has 2 aliphatic rings. The zero-order valence-electron chi connectivity index (χ0n) is 18.3. The van der Waals surface area contributed by atoms with Crippen LogP contribution in [0.3, 0.4) is 0 Å². The van der Waals surface area contributed by atoms with Crippen molar-refractivity contribution in [3.05, 3.63) is 65.9 Å². The van der Waals surface area contributed by atoms with E-state index in [1.165, 1.54) is 37.7 Å². The second-order valence-electron chi connectivity index (χ2n) is 9.17. The molecule has 2 atom stereocenters. The summed E-state index contributed by atoms with van der Waals surface area (Å²) in [5.74, 6) is 1.28. The zero-order chi connectivity index (χ0) is 21.2. The molecule has 0 bridgehead atoms. The van der Waals surface area contributed by atoms with Gasteiger partial charge in [-0.3, -0.25) is 9.36 Å². The fourth-order valence-corrected chi connectivity index (χ4v) is 5.29. The summed E-state index contributed by atoms with van der Waals surface area (Å²) < 4.78 is 8.20. The van der Waals surface area contributed by atoms with E-state index < -0.39 is 0 Å². The van der Waals surface area contributed by atoms with Gasteiger partial charge in [-0.2, -0.15) is 0 Å². The molecule has 1 N–H and O–H groups in total. The first-order chi connectivity index (χ1) is 15.2. The summed E-state index contributed by atoms with van der Waals surface area (Å²) in [6, 6.07) is 16.3. The van der Waals surface area contributed by atoms with Gasteiger partial charge in [0.2, 0.25) is 0 Å². The topological polar surface area (TPSA) is 43.3 Å². The Bertz CT molecular complexity index is 1040. The van der Waals surface area contributed by atoms with Crippen LogP contribution in [-0.4, -0.2) is 29.2 Å². The first-order valence-electron chi connectivity index (χ1n) is 11.9. The van der Waals surface area contributed by atoms with Crippen molar-refractivity contribution in [2.24, 2.45) is 0 Å². The van der Waals surface area contributed by atoms with E-state index in [9.17, 15) is 4.79 Å². The van der Waals surface area contributed by atoms with Crippen molar-refractivity contribution in [2.45, 2.75) is 69.9 Å². The van der Waals surface area contributed by atoms with Crippen LogP contribution in [0.25, 0.3) is 10.9 Å². The molecule has 0 amide bonds. The van der Waals surface area contributed by atoms with E-state index in [1.807, 2.05) is 41.0 Å². The van der Waals surface area contributed by atoms with Gasteiger partial charge in [0.25, 0.3) is 5.91 Å². The van der Waals surface area contributed by atoms with Crippen LogP contribution in [0.15, 0.2) is 54.7 Å². The molecule has 2 heterocycles. The van der Waals surface area contributed by atoms with Gasteiger partial charge in [0, 0.05) is 23.2 Å². The van der Waals surface area contributed by atoms with Gasteiger partial charge in [-0.05, 0) is 86.9 Å². The maximum absolute atomic E-state index is 13.3. The summed E-state index contributed by atoms with van der Waals surface area (Å²) in [5.41, 5.74) is 2.90. The fourth-order valence-electron chi connectivity index (χ4n) is 5.29. The predicted molar refractivity (Wildman–Crippen MR) is 125 cm³/mol. The molecule has 1 saturated heterocycles. The summed E-state index contributed by atoms with van der Waals surface area (Å²) in [6.07, 6.45) is 10.9. The summed E-state index contributed by atoms with van der Waals surface area (Å²) in [4.78, 5) is 13.3. The molecule has 2 aromatic carbocycles. The van der Waals surface area contributed by atoms with E-state index in [0.29, 0.717) is 23.6 Å². The summed E-state index contributed by atoms with van der Waals surface area (Å²) in [7, 11) is 0. The minimum absolute atomic E-state index is 0.0179. The number of ether oxygens (including phenoxy) is 1. The Morgan fingerprint density at radius 1 is 1.03 bits per heavy atom. The van der Waals surface area contributed by atoms with Gasteiger partial charge in [0.05, 0.1) is 11.6 Å². The van der Waals surface area contributed by atoms with Crippen molar-refractivity contribution < 1.29 is 9.53 Å². The highest BCUT2D eigenvalue weighted by atomic mass is 16.5. The highest BCUT2D eigenvalue weighted by Crippen LogP contribution is 2.35. The Kier molecular flexibility index (Phi) is 5.82. The Balaban J connectivity index is 1.54. The molecule has 0 spiro atoms. The van der Waals surface area contributed by atoms with Crippen molar-refractivity contribution in [3.8, 4) is 5.75 Å². The normalized spacial score (nSPS) is 20.7. The Hall–Kier alpha value is -2.59. The standard InChI is InChI=1S/C27H32N2O2/c1-19(25-13-8-16-28-25)24-18-29(27(30)20-9-4-2-5-10-20)26-15-14-22(17-23(24)26)31-21-11-6-3-7-12-21/h2,4-5,9-10,14-15,17-19,21,25,28H,3,6-8,11-13,16H2,1H3. The van der Waals surface area contributed by atoms with E-state index in [0.717, 1.165) is 36.0 Å². The van der Waals surface area contributed by atoms with E-state index in [1.54, 1.807) is 0 Å². The molecule has 1 aliphatic heterocycles. The van der Waals surface area contributed by atoms with Crippen LogP contribution < -0.4 is 10.1 Å². The van der Waals surface area contributed by atoms with Crippen LogP contribution in [0.2, 0.25) is 0 Å². The molecule has 5 rings (SSSR count). The van der Waals surface area contributed by atoms with Gasteiger partial charge in [0.15, 0.2) is 0 Å². The SMILES string of the molecule is CC(c1cn(C(=O)c2ccccc2)c2ccc(OC3CCCCC3)cc12)C1CCCN1. The number of fused-ring (bicyclic) bond motifs is 1. The third-order valence-corrected chi connectivity index (χ3v) is 7.09. The number of aromatic nitrogens is 1.